The number of benzene rings is 1. The molecule has 0 bridgehead atoms. The second-order valence-electron chi connectivity index (χ2n) is 4.39. The van der Waals surface area contributed by atoms with Gasteiger partial charge in [0.2, 0.25) is 0 Å². The fourth-order valence-electron chi connectivity index (χ4n) is 1.62. The lowest BCUT2D eigenvalue weighted by Gasteiger charge is -2.20. The molecule has 1 rings (SSSR count). The number of nitrogens with two attached hydrogens (primary N) is 1. The van der Waals surface area contributed by atoms with E-state index in [1.807, 2.05) is 6.07 Å². The van der Waals surface area contributed by atoms with Crippen LogP contribution in [0.2, 0.25) is 0 Å². The van der Waals surface area contributed by atoms with Gasteiger partial charge < -0.3 is 11.1 Å². The number of hydrogen-bond donors (Lipinski definition) is 2. The van der Waals surface area contributed by atoms with Gasteiger partial charge in [-0.2, -0.15) is 5.26 Å². The first-order valence-corrected chi connectivity index (χ1v) is 5.72. The molecule has 0 radical (unpaired) electrons. The Morgan fingerprint density at radius 3 is 2.71 bits per heavy atom. The van der Waals surface area contributed by atoms with Crippen LogP contribution in [0, 0.1) is 29.0 Å². The Kier molecular flexibility index (Phi) is 4.92. The van der Waals surface area contributed by atoms with Crippen molar-refractivity contribution in [3.8, 4) is 6.07 Å². The molecule has 3 N–H and O–H groups in total. The van der Waals surface area contributed by atoms with Gasteiger partial charge in [0, 0.05) is 6.54 Å². The van der Waals surface area contributed by atoms with Gasteiger partial charge in [-0.25, -0.2) is 4.39 Å². The molecule has 0 aromatic heterocycles. The predicted octanol–water partition coefficient (Wildman–Crippen LogP) is 2.34. The molecular formula is C13H18FN3. The molecule has 0 saturated heterocycles. The van der Waals surface area contributed by atoms with Gasteiger partial charge in [0.15, 0.2) is 0 Å². The molecule has 1 aromatic rings. The summed E-state index contributed by atoms with van der Waals surface area (Å²) in [5.41, 5.74) is 6.26. The lowest BCUT2D eigenvalue weighted by atomic mass is 9.96. The second-order valence-corrected chi connectivity index (χ2v) is 4.39. The van der Waals surface area contributed by atoms with Crippen LogP contribution in [0.25, 0.3) is 0 Å². The van der Waals surface area contributed by atoms with Crippen LogP contribution in [0.3, 0.4) is 0 Å². The number of anilines is 1. The van der Waals surface area contributed by atoms with Crippen molar-refractivity contribution in [2.24, 2.45) is 17.6 Å². The third-order valence-corrected chi connectivity index (χ3v) is 2.93. The minimum atomic E-state index is -0.494. The van der Waals surface area contributed by atoms with E-state index in [1.54, 1.807) is 12.1 Å². The van der Waals surface area contributed by atoms with Crippen molar-refractivity contribution in [1.82, 2.24) is 0 Å². The molecule has 0 amide bonds. The van der Waals surface area contributed by atoms with E-state index >= 15 is 0 Å². The summed E-state index contributed by atoms with van der Waals surface area (Å²) in [6.07, 6.45) is 0. The summed E-state index contributed by atoms with van der Waals surface area (Å²) >= 11 is 0. The second kappa shape index (κ2) is 6.21. The van der Waals surface area contributed by atoms with Crippen LogP contribution in [0.15, 0.2) is 18.2 Å². The summed E-state index contributed by atoms with van der Waals surface area (Å²) in [5, 5.41) is 12.0. The van der Waals surface area contributed by atoms with E-state index < -0.39 is 5.82 Å². The number of rotatable bonds is 5. The van der Waals surface area contributed by atoms with Crippen molar-refractivity contribution >= 4 is 5.69 Å². The fourth-order valence-corrected chi connectivity index (χ4v) is 1.62. The molecule has 1 aromatic carbocycles. The third kappa shape index (κ3) is 3.43. The first-order chi connectivity index (χ1) is 8.10. The van der Waals surface area contributed by atoms with Gasteiger partial charge in [-0.3, -0.25) is 0 Å². The standard InChI is InChI=1S/C13H18FN3/c1-9(2)10(6-15)8-17-13-5-3-4-12(14)11(13)7-16/h3-5,9-10,17H,6,8,15H2,1-2H3. The zero-order valence-electron chi connectivity index (χ0n) is 10.2. The number of halogens is 1. The first kappa shape index (κ1) is 13.5. The first-order valence-electron chi connectivity index (χ1n) is 5.72. The number of nitrogens with one attached hydrogen (secondary N) is 1. The Hall–Kier alpha value is -1.60. The molecule has 92 valence electrons. The van der Waals surface area contributed by atoms with Gasteiger partial charge in [0.05, 0.1) is 5.69 Å². The summed E-state index contributed by atoms with van der Waals surface area (Å²) in [5.74, 6) is 0.266. The van der Waals surface area contributed by atoms with E-state index in [4.69, 9.17) is 11.0 Å². The molecule has 0 spiro atoms. The molecule has 0 aliphatic carbocycles. The average Bonchev–Trinajstić information content (AvgIpc) is 2.29. The van der Waals surface area contributed by atoms with Crippen LogP contribution < -0.4 is 11.1 Å². The molecular weight excluding hydrogens is 217 g/mol. The molecule has 0 aliphatic heterocycles. The Bertz CT molecular complexity index is 410. The van der Waals surface area contributed by atoms with Crippen molar-refractivity contribution in [3.05, 3.63) is 29.6 Å². The zero-order valence-corrected chi connectivity index (χ0v) is 10.2. The van der Waals surface area contributed by atoms with Gasteiger partial charge in [-0.15, -0.1) is 0 Å². The molecule has 1 unspecified atom stereocenters. The highest BCUT2D eigenvalue weighted by atomic mass is 19.1. The van der Waals surface area contributed by atoms with Gasteiger partial charge in [-0.05, 0) is 30.5 Å². The maximum atomic E-state index is 13.3. The number of nitriles is 1. The minimum Gasteiger partial charge on any atom is -0.384 e. The number of nitrogens with zero attached hydrogens (tertiary/aromatic N) is 1. The topological polar surface area (TPSA) is 61.8 Å². The number of hydrogen-bond acceptors (Lipinski definition) is 3. The SMILES string of the molecule is CC(C)C(CN)CNc1cccc(F)c1C#N. The summed E-state index contributed by atoms with van der Waals surface area (Å²) < 4.78 is 13.3. The zero-order chi connectivity index (χ0) is 12.8. The van der Waals surface area contributed by atoms with Crippen LogP contribution in [-0.2, 0) is 0 Å². The van der Waals surface area contributed by atoms with Crippen LogP contribution in [0.4, 0.5) is 10.1 Å². The maximum absolute atomic E-state index is 13.3. The van der Waals surface area contributed by atoms with Crippen LogP contribution in [0.5, 0.6) is 0 Å². The Balaban J connectivity index is 2.76. The highest BCUT2D eigenvalue weighted by Crippen LogP contribution is 2.19. The smallest absolute Gasteiger partial charge is 0.143 e. The molecule has 0 heterocycles. The van der Waals surface area contributed by atoms with Crippen molar-refractivity contribution in [2.45, 2.75) is 13.8 Å². The summed E-state index contributed by atoms with van der Waals surface area (Å²) in [7, 11) is 0. The third-order valence-electron chi connectivity index (χ3n) is 2.93. The summed E-state index contributed by atoms with van der Waals surface area (Å²) in [6.45, 7) is 5.40. The largest absolute Gasteiger partial charge is 0.384 e. The van der Waals surface area contributed by atoms with E-state index in [1.165, 1.54) is 6.07 Å². The van der Waals surface area contributed by atoms with Gasteiger partial charge in [0.1, 0.15) is 17.4 Å². The fraction of sp³-hybridized carbons (Fsp3) is 0.462. The Labute approximate surface area is 101 Å². The van der Waals surface area contributed by atoms with Crippen LogP contribution >= 0.6 is 0 Å². The molecule has 4 heteroatoms. The monoisotopic (exact) mass is 235 g/mol. The van der Waals surface area contributed by atoms with Crippen LogP contribution in [0.1, 0.15) is 19.4 Å². The average molecular weight is 235 g/mol. The molecule has 0 saturated carbocycles. The predicted molar refractivity (Wildman–Crippen MR) is 67.0 cm³/mol. The quantitative estimate of drug-likeness (QED) is 0.823. The van der Waals surface area contributed by atoms with E-state index in [2.05, 4.69) is 19.2 Å². The van der Waals surface area contributed by atoms with Gasteiger partial charge in [-0.1, -0.05) is 19.9 Å². The molecule has 3 nitrogen and oxygen atoms in total. The normalized spacial score (nSPS) is 12.2. The van der Waals surface area contributed by atoms with E-state index in [-0.39, 0.29) is 5.56 Å². The van der Waals surface area contributed by atoms with Gasteiger partial charge >= 0.3 is 0 Å². The van der Waals surface area contributed by atoms with Crippen molar-refractivity contribution in [2.75, 3.05) is 18.4 Å². The van der Waals surface area contributed by atoms with E-state index in [0.717, 1.165) is 0 Å². The van der Waals surface area contributed by atoms with Crippen LogP contribution in [-0.4, -0.2) is 13.1 Å². The lowest BCUT2D eigenvalue weighted by Crippen LogP contribution is -2.27. The Morgan fingerprint density at radius 1 is 1.47 bits per heavy atom. The van der Waals surface area contributed by atoms with E-state index in [9.17, 15) is 4.39 Å². The molecule has 1 atom stereocenters. The summed E-state index contributed by atoms with van der Waals surface area (Å²) in [6, 6.07) is 6.44. The Morgan fingerprint density at radius 2 is 2.18 bits per heavy atom. The molecule has 0 fully saturated rings. The van der Waals surface area contributed by atoms with Gasteiger partial charge in [0.25, 0.3) is 0 Å². The van der Waals surface area contributed by atoms with Crippen molar-refractivity contribution in [1.29, 1.82) is 5.26 Å². The highest BCUT2D eigenvalue weighted by molar-refractivity contribution is 5.57. The van der Waals surface area contributed by atoms with E-state index in [0.29, 0.717) is 30.6 Å². The maximum Gasteiger partial charge on any atom is 0.143 e. The molecule has 17 heavy (non-hydrogen) atoms. The molecule has 0 aliphatic rings. The summed E-state index contributed by atoms with van der Waals surface area (Å²) in [4.78, 5) is 0. The lowest BCUT2D eigenvalue weighted by molar-refractivity contribution is 0.413. The van der Waals surface area contributed by atoms with Crippen molar-refractivity contribution in [3.63, 3.8) is 0 Å². The highest BCUT2D eigenvalue weighted by Gasteiger charge is 2.13. The minimum absolute atomic E-state index is 0.0621. The van der Waals surface area contributed by atoms with Crippen molar-refractivity contribution < 1.29 is 4.39 Å².